The number of nitriles is 2. The largest absolute Gasteiger partial charge is 0.309 e. The van der Waals surface area contributed by atoms with Crippen molar-refractivity contribution in [3.8, 4) is 12.1 Å². The van der Waals surface area contributed by atoms with Crippen LogP contribution in [0.1, 0.15) is 11.1 Å². The van der Waals surface area contributed by atoms with Crippen LogP contribution < -0.4 is 4.90 Å². The second-order valence-corrected chi connectivity index (χ2v) is 10.4. The van der Waals surface area contributed by atoms with E-state index in [0.29, 0.717) is 16.8 Å². The van der Waals surface area contributed by atoms with Crippen LogP contribution in [0.3, 0.4) is 0 Å². The molecule has 0 atom stereocenters. The van der Waals surface area contributed by atoms with Crippen LogP contribution in [-0.2, 0) is 0 Å². The minimum Gasteiger partial charge on any atom is -0.309 e. The molecule has 0 N–H and O–H groups in total. The molecule has 0 saturated carbocycles. The van der Waals surface area contributed by atoms with Crippen molar-refractivity contribution < 1.29 is 0 Å². The van der Waals surface area contributed by atoms with Crippen molar-refractivity contribution in [2.75, 3.05) is 4.90 Å². The molecular formula is C32H21N3S2. The van der Waals surface area contributed by atoms with Crippen LogP contribution in [-0.4, -0.2) is 0 Å². The van der Waals surface area contributed by atoms with Gasteiger partial charge >= 0.3 is 0 Å². The highest BCUT2D eigenvalue weighted by molar-refractivity contribution is 7.99. The lowest BCUT2D eigenvalue weighted by atomic mass is 10.0. The van der Waals surface area contributed by atoms with Gasteiger partial charge < -0.3 is 4.90 Å². The molecule has 0 aliphatic heterocycles. The van der Waals surface area contributed by atoms with Crippen LogP contribution in [0.2, 0.25) is 0 Å². The Bertz CT molecular complexity index is 1480. The molecule has 5 heteroatoms. The highest BCUT2D eigenvalue weighted by Crippen LogP contribution is 2.40. The molecule has 0 aliphatic rings. The summed E-state index contributed by atoms with van der Waals surface area (Å²) in [6.07, 6.45) is 0. The predicted molar refractivity (Wildman–Crippen MR) is 152 cm³/mol. The number of nitrogens with zero attached hydrogens (tertiary/aromatic N) is 3. The van der Waals surface area contributed by atoms with E-state index in [1.165, 1.54) is 9.79 Å². The number of rotatable bonds is 7. The summed E-state index contributed by atoms with van der Waals surface area (Å²) < 4.78 is 0. The summed E-state index contributed by atoms with van der Waals surface area (Å²) in [5.41, 5.74) is 3.21. The number of hydrogen-bond acceptors (Lipinski definition) is 5. The molecular weight excluding hydrogens is 491 g/mol. The monoisotopic (exact) mass is 511 g/mol. The highest BCUT2D eigenvalue weighted by atomic mass is 32.2. The summed E-state index contributed by atoms with van der Waals surface area (Å²) in [5, 5.41) is 19.6. The molecule has 176 valence electrons. The molecule has 0 radical (unpaired) electrons. The summed E-state index contributed by atoms with van der Waals surface area (Å²) in [7, 11) is 0. The van der Waals surface area contributed by atoms with Gasteiger partial charge in [-0.25, -0.2) is 0 Å². The Morgan fingerprint density at radius 2 is 0.919 bits per heavy atom. The highest BCUT2D eigenvalue weighted by Gasteiger charge is 2.18. The Morgan fingerprint density at radius 1 is 0.459 bits per heavy atom. The summed E-state index contributed by atoms with van der Waals surface area (Å²) in [5.74, 6) is 0. The van der Waals surface area contributed by atoms with Crippen molar-refractivity contribution in [2.24, 2.45) is 0 Å². The van der Waals surface area contributed by atoms with Crippen LogP contribution in [0, 0.1) is 22.7 Å². The first-order valence-corrected chi connectivity index (χ1v) is 13.3. The van der Waals surface area contributed by atoms with E-state index < -0.39 is 0 Å². The first-order chi connectivity index (χ1) is 18.2. The number of hydrogen-bond donors (Lipinski definition) is 0. The Kier molecular flexibility index (Phi) is 7.58. The first kappa shape index (κ1) is 24.3. The molecule has 3 nitrogen and oxygen atoms in total. The Morgan fingerprint density at radius 3 is 1.35 bits per heavy atom. The minimum absolute atomic E-state index is 0.357. The molecule has 0 unspecified atom stereocenters. The van der Waals surface area contributed by atoms with Crippen LogP contribution in [0.15, 0.2) is 147 Å². The molecule has 0 amide bonds. The van der Waals surface area contributed by atoms with Crippen molar-refractivity contribution in [2.45, 2.75) is 19.6 Å². The standard InChI is InChI=1S/C32H21N3S2/c33-22-24-8-7-13-32(31(24)23-34)35(25-14-18-29(19-15-25)36-27-9-3-1-4-10-27)26-16-20-30(21-17-26)37-28-11-5-2-6-12-28/h1-21H. The van der Waals surface area contributed by atoms with Gasteiger partial charge in [0.15, 0.2) is 0 Å². The molecule has 0 bridgehead atoms. The molecule has 5 aromatic rings. The van der Waals surface area contributed by atoms with Crippen LogP contribution >= 0.6 is 23.5 Å². The SMILES string of the molecule is N#Cc1cccc(N(c2ccc(Sc3ccccc3)cc2)c2ccc(Sc3ccccc3)cc2)c1C#N. The van der Waals surface area contributed by atoms with Crippen LogP contribution in [0.4, 0.5) is 17.1 Å². The van der Waals surface area contributed by atoms with Crippen molar-refractivity contribution in [3.63, 3.8) is 0 Å². The molecule has 5 aromatic carbocycles. The minimum atomic E-state index is 0.357. The van der Waals surface area contributed by atoms with E-state index in [1.807, 2.05) is 53.4 Å². The number of benzene rings is 5. The van der Waals surface area contributed by atoms with E-state index in [9.17, 15) is 10.5 Å². The van der Waals surface area contributed by atoms with E-state index in [4.69, 9.17) is 0 Å². The zero-order valence-electron chi connectivity index (χ0n) is 19.8. The van der Waals surface area contributed by atoms with Crippen molar-refractivity contribution in [3.05, 3.63) is 139 Å². The molecule has 5 rings (SSSR count). The molecule has 0 fully saturated rings. The Balaban J connectivity index is 1.52. The molecule has 0 aromatic heterocycles. The van der Waals surface area contributed by atoms with Crippen molar-refractivity contribution >= 4 is 40.6 Å². The number of anilines is 3. The van der Waals surface area contributed by atoms with Gasteiger partial charge in [0, 0.05) is 31.0 Å². The van der Waals surface area contributed by atoms with Gasteiger partial charge in [-0.1, -0.05) is 66.0 Å². The molecule has 37 heavy (non-hydrogen) atoms. The second kappa shape index (κ2) is 11.5. The normalized spacial score (nSPS) is 10.3. The Labute approximate surface area is 225 Å². The molecule has 0 heterocycles. The van der Waals surface area contributed by atoms with Crippen LogP contribution in [0.5, 0.6) is 0 Å². The summed E-state index contributed by atoms with van der Waals surface area (Å²) in [6, 6.07) is 46.9. The molecule has 0 aliphatic carbocycles. The fraction of sp³-hybridized carbons (Fsp3) is 0. The van der Waals surface area contributed by atoms with Gasteiger partial charge in [0.05, 0.1) is 16.8 Å². The van der Waals surface area contributed by atoms with Gasteiger partial charge in [0.2, 0.25) is 0 Å². The first-order valence-electron chi connectivity index (χ1n) is 11.6. The lowest BCUT2D eigenvalue weighted by Gasteiger charge is -2.27. The van der Waals surface area contributed by atoms with Gasteiger partial charge in [-0.2, -0.15) is 10.5 Å². The second-order valence-electron chi connectivity index (χ2n) is 8.08. The van der Waals surface area contributed by atoms with E-state index in [0.717, 1.165) is 21.2 Å². The van der Waals surface area contributed by atoms with E-state index in [-0.39, 0.29) is 0 Å². The van der Waals surface area contributed by atoms with E-state index in [2.05, 4.69) is 84.9 Å². The lowest BCUT2D eigenvalue weighted by Crippen LogP contribution is -2.12. The van der Waals surface area contributed by atoms with Gasteiger partial charge in [-0.3, -0.25) is 0 Å². The topological polar surface area (TPSA) is 50.8 Å². The maximum atomic E-state index is 9.96. The smallest absolute Gasteiger partial charge is 0.103 e. The average molecular weight is 512 g/mol. The van der Waals surface area contributed by atoms with Crippen LogP contribution in [0.25, 0.3) is 0 Å². The quantitative estimate of drug-likeness (QED) is 0.218. The molecule has 0 saturated heterocycles. The fourth-order valence-electron chi connectivity index (χ4n) is 3.94. The van der Waals surface area contributed by atoms with E-state index >= 15 is 0 Å². The summed E-state index contributed by atoms with van der Waals surface area (Å²) >= 11 is 3.40. The van der Waals surface area contributed by atoms with Crippen molar-refractivity contribution in [1.29, 1.82) is 10.5 Å². The van der Waals surface area contributed by atoms with Gasteiger partial charge in [-0.15, -0.1) is 0 Å². The lowest BCUT2D eigenvalue weighted by molar-refractivity contribution is 1.24. The average Bonchev–Trinajstić information content (AvgIpc) is 2.96. The summed E-state index contributed by atoms with van der Waals surface area (Å²) in [6.45, 7) is 0. The fourth-order valence-corrected chi connectivity index (χ4v) is 5.62. The maximum absolute atomic E-state index is 9.96. The molecule has 0 spiro atoms. The predicted octanol–water partition coefficient (Wildman–Crippen LogP) is 9.20. The van der Waals surface area contributed by atoms with Gasteiger partial charge in [0.25, 0.3) is 0 Å². The van der Waals surface area contributed by atoms with Gasteiger partial charge in [-0.05, 0) is 84.9 Å². The Hall–Kier alpha value is -4.42. The zero-order chi connectivity index (χ0) is 25.5. The van der Waals surface area contributed by atoms with Gasteiger partial charge in [0.1, 0.15) is 12.1 Å². The van der Waals surface area contributed by atoms with E-state index in [1.54, 1.807) is 29.6 Å². The third-order valence-electron chi connectivity index (χ3n) is 5.66. The summed E-state index contributed by atoms with van der Waals surface area (Å²) in [4.78, 5) is 6.62. The third-order valence-corrected chi connectivity index (χ3v) is 7.69. The van der Waals surface area contributed by atoms with Crippen molar-refractivity contribution in [1.82, 2.24) is 0 Å². The third kappa shape index (κ3) is 5.71. The zero-order valence-corrected chi connectivity index (χ0v) is 21.4. The maximum Gasteiger partial charge on any atom is 0.103 e.